The fourth-order valence-corrected chi connectivity index (χ4v) is 3.69. The molecule has 0 bridgehead atoms. The van der Waals surface area contributed by atoms with Crippen molar-refractivity contribution >= 4 is 28.7 Å². The topological polar surface area (TPSA) is 127 Å². The van der Waals surface area contributed by atoms with Gasteiger partial charge in [-0.1, -0.05) is 32.0 Å². The summed E-state index contributed by atoms with van der Waals surface area (Å²) in [5.41, 5.74) is 11.3. The number of fused-ring (bicyclic) bond motifs is 1. The molecule has 0 aliphatic rings. The predicted octanol–water partition coefficient (Wildman–Crippen LogP) is 3.52. The molecule has 2 aromatic carbocycles. The van der Waals surface area contributed by atoms with E-state index in [1.807, 2.05) is 13.8 Å². The molecule has 0 spiro atoms. The molecular weight excluding hydrogens is 444 g/mol. The second-order valence-electron chi connectivity index (χ2n) is 7.56. The molecule has 0 aliphatic heterocycles. The summed E-state index contributed by atoms with van der Waals surface area (Å²) in [5, 5.41) is 3.23. The van der Waals surface area contributed by atoms with Crippen molar-refractivity contribution in [2.45, 2.75) is 20.3 Å². The summed E-state index contributed by atoms with van der Waals surface area (Å²) in [6.07, 6.45) is -2.91. The van der Waals surface area contributed by atoms with Crippen molar-refractivity contribution in [2.24, 2.45) is 16.5 Å². The summed E-state index contributed by atoms with van der Waals surface area (Å²) in [5.74, 6) is -2.27. The van der Waals surface area contributed by atoms with Crippen molar-refractivity contribution in [3.8, 4) is 11.1 Å². The van der Waals surface area contributed by atoms with Crippen LogP contribution in [0.25, 0.3) is 22.1 Å². The lowest BCUT2D eigenvalue weighted by Gasteiger charge is -2.18. The molecule has 0 saturated heterocycles. The highest BCUT2D eigenvalue weighted by Gasteiger charge is 2.25. The van der Waals surface area contributed by atoms with Crippen molar-refractivity contribution in [3.05, 3.63) is 59.4 Å². The molecule has 0 aliphatic carbocycles. The van der Waals surface area contributed by atoms with Gasteiger partial charge in [0, 0.05) is 35.2 Å². The van der Waals surface area contributed by atoms with E-state index in [2.05, 4.69) is 15.2 Å². The van der Waals surface area contributed by atoms with Gasteiger partial charge in [0.05, 0.1) is 0 Å². The number of halogens is 2. The van der Waals surface area contributed by atoms with Gasteiger partial charge in [-0.05, 0) is 42.9 Å². The lowest BCUT2D eigenvalue weighted by molar-refractivity contribution is 0.0949. The Morgan fingerprint density at radius 1 is 1.09 bits per heavy atom. The van der Waals surface area contributed by atoms with Gasteiger partial charge in [-0.25, -0.2) is 8.78 Å². The number of carbonyl (C=O) groups is 2. The Morgan fingerprint density at radius 2 is 1.76 bits per heavy atom. The summed E-state index contributed by atoms with van der Waals surface area (Å²) in [4.78, 5) is 31.1. The molecule has 10 heteroatoms. The van der Waals surface area contributed by atoms with Crippen molar-refractivity contribution < 1.29 is 22.8 Å². The maximum Gasteiger partial charge on any atom is 0.296 e. The summed E-state index contributed by atoms with van der Waals surface area (Å²) >= 11 is 0. The minimum atomic E-state index is -2.91. The summed E-state index contributed by atoms with van der Waals surface area (Å²) in [6, 6.07) is 10.7. The van der Waals surface area contributed by atoms with E-state index in [0.717, 1.165) is 13.1 Å². The third-order valence-corrected chi connectivity index (χ3v) is 5.39. The molecular formula is C24H27F2N5O3. The first-order valence-corrected chi connectivity index (χ1v) is 10.8. The van der Waals surface area contributed by atoms with Crippen molar-refractivity contribution in [2.75, 3.05) is 26.2 Å². The molecule has 2 amide bonds. The first-order valence-electron chi connectivity index (χ1n) is 10.8. The highest BCUT2D eigenvalue weighted by molar-refractivity contribution is 6.06. The van der Waals surface area contributed by atoms with Gasteiger partial charge in [-0.2, -0.15) is 4.99 Å². The first kappa shape index (κ1) is 24.8. The Bertz CT molecular complexity index is 1210. The highest BCUT2D eigenvalue weighted by Crippen LogP contribution is 2.40. The Hall–Kier alpha value is -3.79. The monoisotopic (exact) mass is 471 g/mol. The number of carbonyl (C=O) groups excluding carboxylic acids is 2. The van der Waals surface area contributed by atoms with Crippen molar-refractivity contribution in [1.82, 2.24) is 10.2 Å². The van der Waals surface area contributed by atoms with Crippen LogP contribution >= 0.6 is 0 Å². The lowest BCUT2D eigenvalue weighted by atomic mass is 9.96. The van der Waals surface area contributed by atoms with Gasteiger partial charge in [0.15, 0.2) is 11.7 Å². The molecule has 0 unspecified atom stereocenters. The Morgan fingerprint density at radius 3 is 2.41 bits per heavy atom. The van der Waals surface area contributed by atoms with Gasteiger partial charge in [0.1, 0.15) is 5.58 Å². The molecule has 0 radical (unpaired) electrons. The molecule has 0 atom stereocenters. The first-order chi connectivity index (χ1) is 16.2. The zero-order valence-electron chi connectivity index (χ0n) is 19.0. The van der Waals surface area contributed by atoms with Crippen LogP contribution in [-0.4, -0.2) is 48.9 Å². The molecule has 34 heavy (non-hydrogen) atoms. The van der Waals surface area contributed by atoms with Crippen LogP contribution in [0.5, 0.6) is 0 Å². The number of nitrogens with one attached hydrogen (secondary N) is 1. The molecule has 180 valence electrons. The number of guanidine groups is 1. The molecule has 8 nitrogen and oxygen atoms in total. The Balaban J connectivity index is 2.09. The van der Waals surface area contributed by atoms with Crippen molar-refractivity contribution in [3.63, 3.8) is 0 Å². The van der Waals surface area contributed by atoms with Crippen molar-refractivity contribution in [1.29, 1.82) is 0 Å². The maximum atomic E-state index is 13.9. The maximum absolute atomic E-state index is 13.9. The van der Waals surface area contributed by atoms with E-state index in [4.69, 9.17) is 15.9 Å². The minimum absolute atomic E-state index is 0.0229. The number of furan rings is 1. The van der Waals surface area contributed by atoms with Crippen LogP contribution < -0.4 is 16.8 Å². The number of likely N-dealkylation sites (N-methyl/N-ethyl adjacent to an activating group) is 1. The summed E-state index contributed by atoms with van der Waals surface area (Å²) in [7, 11) is 0. The molecule has 1 heterocycles. The van der Waals surface area contributed by atoms with Gasteiger partial charge in [0.25, 0.3) is 18.2 Å². The van der Waals surface area contributed by atoms with E-state index in [1.165, 1.54) is 18.2 Å². The number of nitrogens with zero attached hydrogens (tertiary/aromatic N) is 2. The van der Waals surface area contributed by atoms with Crippen LogP contribution in [0.15, 0.2) is 51.9 Å². The van der Waals surface area contributed by atoms with Crippen LogP contribution in [0.2, 0.25) is 0 Å². The summed E-state index contributed by atoms with van der Waals surface area (Å²) < 4.78 is 33.1. The zero-order valence-corrected chi connectivity index (χ0v) is 19.0. The molecule has 0 saturated carbocycles. The van der Waals surface area contributed by atoms with E-state index >= 15 is 0 Å². The predicted molar refractivity (Wildman–Crippen MR) is 127 cm³/mol. The number of amides is 2. The van der Waals surface area contributed by atoms with Crippen LogP contribution in [0, 0.1) is 0 Å². The quantitative estimate of drug-likeness (QED) is 0.324. The number of nitrogens with two attached hydrogens (primary N) is 2. The van der Waals surface area contributed by atoms with E-state index in [0.29, 0.717) is 18.5 Å². The molecule has 5 N–H and O–H groups in total. The largest absolute Gasteiger partial charge is 0.454 e. The smallest absolute Gasteiger partial charge is 0.296 e. The number of alkyl halides is 2. The number of hydrogen-bond acceptors (Lipinski definition) is 4. The average Bonchev–Trinajstić information content (AvgIpc) is 3.21. The highest BCUT2D eigenvalue weighted by atomic mass is 19.3. The fraction of sp³-hybridized carbons (Fsp3) is 0.292. The average molecular weight is 472 g/mol. The van der Waals surface area contributed by atoms with Gasteiger partial charge in [0.2, 0.25) is 0 Å². The third-order valence-electron chi connectivity index (χ3n) is 5.39. The molecule has 3 aromatic rings. The number of aliphatic imine (C=N–C) groups is 1. The number of para-hydroxylation sites is 1. The van der Waals surface area contributed by atoms with Gasteiger partial charge in [-0.15, -0.1) is 0 Å². The van der Waals surface area contributed by atoms with Crippen LogP contribution in [0.1, 0.15) is 46.7 Å². The second-order valence-corrected chi connectivity index (χ2v) is 7.56. The summed E-state index contributed by atoms with van der Waals surface area (Å²) in [6.45, 7) is 6.73. The molecule has 3 rings (SSSR count). The zero-order chi connectivity index (χ0) is 24.8. The Labute approximate surface area is 195 Å². The number of benzene rings is 2. The molecule has 0 fully saturated rings. The normalized spacial score (nSPS) is 11.2. The van der Waals surface area contributed by atoms with Crippen LogP contribution in [0.3, 0.4) is 0 Å². The number of rotatable bonds is 9. The molecule has 1 aromatic heterocycles. The second kappa shape index (κ2) is 10.9. The fourth-order valence-electron chi connectivity index (χ4n) is 3.69. The van der Waals surface area contributed by atoms with E-state index in [1.54, 1.807) is 24.3 Å². The lowest BCUT2D eigenvalue weighted by Crippen LogP contribution is -2.34. The van der Waals surface area contributed by atoms with Gasteiger partial charge < -0.3 is 26.1 Å². The van der Waals surface area contributed by atoms with Gasteiger partial charge in [-0.3, -0.25) is 9.59 Å². The third kappa shape index (κ3) is 5.57. The van der Waals surface area contributed by atoms with Crippen LogP contribution in [-0.2, 0) is 0 Å². The van der Waals surface area contributed by atoms with E-state index in [-0.39, 0.29) is 27.8 Å². The number of hydrogen-bond donors (Lipinski definition) is 3. The SMILES string of the molecule is CCN(CC)CCNC(=O)c1cc(C(=O)N=C(N)N)cc(-c2c(C(F)F)oc3ccccc23)c1. The minimum Gasteiger partial charge on any atom is -0.454 e. The van der Waals surface area contributed by atoms with Crippen LogP contribution in [0.4, 0.5) is 8.78 Å². The van der Waals surface area contributed by atoms with E-state index < -0.39 is 30.0 Å². The standard InChI is InChI=1S/C24H27F2N5O3/c1-3-31(4-2)10-9-29-22(32)15-11-14(12-16(13-15)23(33)30-24(27)28)19-17-7-5-6-8-18(17)34-20(19)21(25)26/h5-8,11-13,21H,3-4,9-10H2,1-2H3,(H,29,32)(H4,27,28,30,33). The van der Waals surface area contributed by atoms with Gasteiger partial charge >= 0.3 is 0 Å². The Kier molecular flexibility index (Phi) is 7.95. The van der Waals surface area contributed by atoms with E-state index in [9.17, 15) is 18.4 Å².